The van der Waals surface area contributed by atoms with Gasteiger partial charge in [-0.1, -0.05) is 18.2 Å². The molecule has 0 atom stereocenters. The molecule has 0 unspecified atom stereocenters. The number of hydrogen-bond acceptors (Lipinski definition) is 4. The van der Waals surface area contributed by atoms with Crippen molar-refractivity contribution in [2.45, 2.75) is 36.6 Å². The van der Waals surface area contributed by atoms with Crippen LogP contribution in [0.15, 0.2) is 47.4 Å². The van der Waals surface area contributed by atoms with Crippen molar-refractivity contribution in [2.75, 3.05) is 37.3 Å². The third-order valence-corrected chi connectivity index (χ3v) is 7.15. The number of nitrogens with zero attached hydrogens (tertiary/aromatic N) is 2. The normalized spacial score (nSPS) is 18.4. The molecule has 2 aromatic rings. The van der Waals surface area contributed by atoms with Crippen LogP contribution in [0.25, 0.3) is 0 Å². The largest absolute Gasteiger partial charge is 0.368 e. The van der Waals surface area contributed by atoms with Gasteiger partial charge in [0.2, 0.25) is 0 Å². The number of anilines is 1. The lowest BCUT2D eigenvalue weighted by atomic mass is 10.0. The number of rotatable bonds is 5. The van der Waals surface area contributed by atoms with Crippen LogP contribution in [0, 0.1) is 5.82 Å². The predicted octanol–water partition coefficient (Wildman–Crippen LogP) is 3.30. The van der Waals surface area contributed by atoms with Crippen LogP contribution in [0.5, 0.6) is 0 Å². The topological polar surface area (TPSA) is 40.6 Å². The molecule has 0 radical (unpaired) electrons. The highest BCUT2D eigenvalue weighted by molar-refractivity contribution is 7.90. The van der Waals surface area contributed by atoms with Gasteiger partial charge in [-0.05, 0) is 61.1 Å². The van der Waals surface area contributed by atoms with Gasteiger partial charge in [0, 0.05) is 44.2 Å². The highest BCUT2D eigenvalue weighted by Gasteiger charge is 2.30. The predicted molar refractivity (Wildman–Crippen MR) is 110 cm³/mol. The third-order valence-electron chi connectivity index (χ3n) is 6.04. The average Bonchev–Trinajstić information content (AvgIpc) is 3.10. The highest BCUT2D eigenvalue weighted by Crippen LogP contribution is 2.34. The molecule has 1 saturated heterocycles. The Kier molecular flexibility index (Phi) is 5.43. The number of halogens is 1. The van der Waals surface area contributed by atoms with E-state index in [1.165, 1.54) is 29.5 Å². The van der Waals surface area contributed by atoms with Crippen LogP contribution >= 0.6 is 0 Å². The van der Waals surface area contributed by atoms with Crippen molar-refractivity contribution < 1.29 is 12.8 Å². The van der Waals surface area contributed by atoms with Crippen molar-refractivity contribution in [2.24, 2.45) is 0 Å². The minimum atomic E-state index is -3.18. The Bertz CT molecular complexity index is 936. The van der Waals surface area contributed by atoms with Gasteiger partial charge in [-0.25, -0.2) is 12.8 Å². The SMILES string of the molecule is CS(=O)(=O)c1ccc2c(c1)N(C1CCN(CCc3ccc(F)cc3)CC1)CC2. The van der Waals surface area contributed by atoms with Gasteiger partial charge in [0.05, 0.1) is 4.90 Å². The molecule has 0 bridgehead atoms. The molecule has 0 amide bonds. The Balaban J connectivity index is 1.35. The van der Waals surface area contributed by atoms with Crippen molar-refractivity contribution in [1.82, 2.24) is 4.90 Å². The number of fused-ring (bicyclic) bond motifs is 1. The molecular weight excluding hydrogens is 375 g/mol. The summed E-state index contributed by atoms with van der Waals surface area (Å²) in [7, 11) is -3.18. The lowest BCUT2D eigenvalue weighted by molar-refractivity contribution is 0.212. The van der Waals surface area contributed by atoms with E-state index in [9.17, 15) is 12.8 Å². The molecule has 0 N–H and O–H groups in total. The Morgan fingerprint density at radius 2 is 1.75 bits per heavy atom. The Hall–Kier alpha value is -1.92. The summed E-state index contributed by atoms with van der Waals surface area (Å²) in [6.07, 6.45) is 5.38. The number of hydrogen-bond donors (Lipinski definition) is 0. The lowest BCUT2D eigenvalue weighted by Gasteiger charge is -2.38. The standard InChI is InChI=1S/C22H27FN2O2S/c1-28(26,27)21-7-4-18-9-15-25(22(18)16-21)20-10-13-24(14-11-20)12-8-17-2-5-19(23)6-3-17/h2-7,16,20H,8-15H2,1H3. The smallest absolute Gasteiger partial charge is 0.175 e. The summed E-state index contributed by atoms with van der Waals surface area (Å²) in [5.41, 5.74) is 3.53. The van der Waals surface area contributed by atoms with E-state index in [4.69, 9.17) is 0 Å². The van der Waals surface area contributed by atoms with Crippen LogP contribution in [-0.2, 0) is 22.7 Å². The quantitative estimate of drug-likeness (QED) is 0.770. The first-order valence-electron chi connectivity index (χ1n) is 9.96. The summed E-state index contributed by atoms with van der Waals surface area (Å²) in [6.45, 7) is 4.06. The first kappa shape index (κ1) is 19.4. The molecule has 4 rings (SSSR count). The minimum absolute atomic E-state index is 0.186. The van der Waals surface area contributed by atoms with Crippen molar-refractivity contribution in [3.63, 3.8) is 0 Å². The van der Waals surface area contributed by atoms with Crippen LogP contribution in [0.4, 0.5) is 10.1 Å². The molecule has 2 aromatic carbocycles. The summed E-state index contributed by atoms with van der Waals surface area (Å²) in [5, 5.41) is 0. The van der Waals surface area contributed by atoms with Gasteiger partial charge in [0.1, 0.15) is 5.82 Å². The summed E-state index contributed by atoms with van der Waals surface area (Å²) in [4.78, 5) is 5.31. The first-order valence-corrected chi connectivity index (χ1v) is 11.9. The van der Waals surface area contributed by atoms with Crippen LogP contribution in [0.1, 0.15) is 24.0 Å². The van der Waals surface area contributed by atoms with Crippen molar-refractivity contribution in [1.29, 1.82) is 0 Å². The van der Waals surface area contributed by atoms with E-state index < -0.39 is 9.84 Å². The van der Waals surface area contributed by atoms with E-state index in [1.54, 1.807) is 6.07 Å². The zero-order valence-corrected chi connectivity index (χ0v) is 17.1. The Labute approximate surface area is 166 Å². The molecule has 4 nitrogen and oxygen atoms in total. The maximum Gasteiger partial charge on any atom is 0.175 e. The fourth-order valence-corrected chi connectivity index (χ4v) is 5.03. The number of sulfone groups is 1. The van der Waals surface area contributed by atoms with Crippen LogP contribution in [0.2, 0.25) is 0 Å². The second kappa shape index (κ2) is 7.84. The van der Waals surface area contributed by atoms with Crippen LogP contribution < -0.4 is 4.90 Å². The summed E-state index contributed by atoms with van der Waals surface area (Å²) in [6, 6.07) is 12.8. The van der Waals surface area contributed by atoms with Gasteiger partial charge in [0.25, 0.3) is 0 Å². The summed E-state index contributed by atoms with van der Waals surface area (Å²) >= 11 is 0. The molecule has 2 heterocycles. The zero-order chi connectivity index (χ0) is 19.7. The van der Waals surface area contributed by atoms with Gasteiger partial charge in [-0.15, -0.1) is 0 Å². The molecule has 0 saturated carbocycles. The van der Waals surface area contributed by atoms with Crippen molar-refractivity contribution in [3.05, 3.63) is 59.4 Å². The van der Waals surface area contributed by atoms with Gasteiger partial charge in [0.15, 0.2) is 9.84 Å². The number of piperidine rings is 1. The monoisotopic (exact) mass is 402 g/mol. The fourth-order valence-electron chi connectivity index (χ4n) is 4.39. The minimum Gasteiger partial charge on any atom is -0.368 e. The third kappa shape index (κ3) is 4.23. The maximum absolute atomic E-state index is 13.0. The van der Waals surface area contributed by atoms with Crippen LogP contribution in [-0.4, -0.2) is 51.8 Å². The van der Waals surface area contributed by atoms with Crippen molar-refractivity contribution in [3.8, 4) is 0 Å². The van der Waals surface area contributed by atoms with Crippen molar-refractivity contribution >= 4 is 15.5 Å². The summed E-state index contributed by atoms with van der Waals surface area (Å²) in [5.74, 6) is -0.186. The van der Waals surface area contributed by atoms with E-state index in [0.717, 1.165) is 57.5 Å². The highest BCUT2D eigenvalue weighted by atomic mass is 32.2. The molecule has 2 aliphatic heterocycles. The van der Waals surface area contributed by atoms with E-state index in [-0.39, 0.29) is 5.82 Å². The van der Waals surface area contributed by atoms with Crippen LogP contribution in [0.3, 0.4) is 0 Å². The molecule has 150 valence electrons. The molecule has 28 heavy (non-hydrogen) atoms. The van der Waals surface area contributed by atoms with E-state index >= 15 is 0 Å². The van der Waals surface area contributed by atoms with E-state index in [1.807, 2.05) is 24.3 Å². The Morgan fingerprint density at radius 1 is 1.04 bits per heavy atom. The van der Waals surface area contributed by atoms with Gasteiger partial charge in [-0.3, -0.25) is 0 Å². The van der Waals surface area contributed by atoms with Gasteiger partial charge < -0.3 is 9.80 Å². The van der Waals surface area contributed by atoms with E-state index in [0.29, 0.717) is 10.9 Å². The van der Waals surface area contributed by atoms with E-state index in [2.05, 4.69) is 9.80 Å². The molecule has 0 aromatic heterocycles. The summed E-state index contributed by atoms with van der Waals surface area (Å²) < 4.78 is 36.9. The van der Waals surface area contributed by atoms with Gasteiger partial charge >= 0.3 is 0 Å². The average molecular weight is 403 g/mol. The molecule has 1 fully saturated rings. The zero-order valence-electron chi connectivity index (χ0n) is 16.3. The first-order chi connectivity index (χ1) is 13.4. The number of benzene rings is 2. The number of likely N-dealkylation sites (tertiary alicyclic amines) is 1. The molecular formula is C22H27FN2O2S. The molecule has 0 spiro atoms. The molecule has 0 aliphatic carbocycles. The molecule has 2 aliphatic rings. The second-order valence-electron chi connectivity index (χ2n) is 7.96. The molecule has 6 heteroatoms. The lowest BCUT2D eigenvalue weighted by Crippen LogP contribution is -2.45. The second-order valence-corrected chi connectivity index (χ2v) is 9.97. The van der Waals surface area contributed by atoms with Gasteiger partial charge in [-0.2, -0.15) is 0 Å². The Morgan fingerprint density at radius 3 is 2.43 bits per heavy atom. The fraction of sp³-hybridized carbons (Fsp3) is 0.455. The maximum atomic E-state index is 13.0.